The molecule has 0 fully saturated rings. The van der Waals surface area contributed by atoms with Gasteiger partial charge in [0.2, 0.25) is 0 Å². The fourth-order valence-corrected chi connectivity index (χ4v) is 1.84. The predicted molar refractivity (Wildman–Crippen MR) is 63.0 cm³/mol. The number of benzene rings is 1. The Labute approximate surface area is 102 Å². The normalized spacial score (nSPS) is 11.0. The average molecular weight is 244 g/mol. The monoisotopic (exact) mass is 244 g/mol. The average Bonchev–Trinajstić information content (AvgIpc) is 2.90. The molecule has 90 valence electrons. The Bertz CT molecular complexity index is 725. The number of imidazole rings is 1. The van der Waals surface area contributed by atoms with Crippen molar-refractivity contribution < 1.29 is 13.6 Å². The van der Waals surface area contributed by atoms with Gasteiger partial charge in [-0.05, 0) is 31.2 Å². The molecule has 0 radical (unpaired) electrons. The van der Waals surface area contributed by atoms with E-state index in [1.54, 1.807) is 29.7 Å². The Balaban J connectivity index is 2.14. The van der Waals surface area contributed by atoms with E-state index in [9.17, 15) is 9.18 Å². The van der Waals surface area contributed by atoms with Crippen LogP contribution in [0.2, 0.25) is 0 Å². The molecule has 5 heteroatoms. The number of aromatic nitrogens is 2. The second-order valence-electron chi connectivity index (χ2n) is 3.96. The van der Waals surface area contributed by atoms with Gasteiger partial charge in [-0.1, -0.05) is 0 Å². The Morgan fingerprint density at radius 3 is 2.67 bits per heavy atom. The van der Waals surface area contributed by atoms with Crippen LogP contribution in [0.4, 0.5) is 4.39 Å². The summed E-state index contributed by atoms with van der Waals surface area (Å²) in [6.45, 7) is 1.77. The minimum absolute atomic E-state index is 0.267. The maximum Gasteiger partial charge on any atom is 0.307 e. The third kappa shape index (κ3) is 1.52. The number of fused-ring (bicyclic) bond motifs is 1. The summed E-state index contributed by atoms with van der Waals surface area (Å²) in [7, 11) is 0. The van der Waals surface area contributed by atoms with Crippen LogP contribution in [0, 0.1) is 12.7 Å². The van der Waals surface area contributed by atoms with Crippen LogP contribution in [-0.4, -0.2) is 15.7 Å². The molecular weight excluding hydrogens is 235 g/mol. The van der Waals surface area contributed by atoms with Crippen LogP contribution >= 0.6 is 0 Å². The van der Waals surface area contributed by atoms with Crippen molar-refractivity contribution in [1.29, 1.82) is 0 Å². The second kappa shape index (κ2) is 3.80. The molecule has 4 nitrogen and oxygen atoms in total. The number of carbonyl (C=O) groups is 1. The summed E-state index contributed by atoms with van der Waals surface area (Å²) >= 11 is 0. The van der Waals surface area contributed by atoms with Crippen LogP contribution in [0.3, 0.4) is 0 Å². The summed E-state index contributed by atoms with van der Waals surface area (Å²) in [6, 6.07) is 6.04. The van der Waals surface area contributed by atoms with Crippen molar-refractivity contribution in [3.8, 4) is 11.3 Å². The fourth-order valence-electron chi connectivity index (χ4n) is 1.84. The Kier molecular flexibility index (Phi) is 2.26. The largest absolute Gasteiger partial charge is 0.420 e. The minimum Gasteiger partial charge on any atom is -0.420 e. The van der Waals surface area contributed by atoms with E-state index < -0.39 is 0 Å². The van der Waals surface area contributed by atoms with Crippen LogP contribution in [-0.2, 0) is 0 Å². The zero-order valence-corrected chi connectivity index (χ0v) is 9.55. The molecule has 3 rings (SSSR count). The summed E-state index contributed by atoms with van der Waals surface area (Å²) in [5.41, 5.74) is 2.16. The first-order chi connectivity index (χ1) is 8.69. The minimum atomic E-state index is -0.291. The molecular formula is C13H9FN2O2. The van der Waals surface area contributed by atoms with Crippen molar-refractivity contribution in [1.82, 2.24) is 9.38 Å². The standard InChI is InChI=1S/C13H9FN2O2/c1-8-12(7-17)18-13-15-11(6-16(8)13)9-2-4-10(14)5-3-9/h2-7H,1H3. The van der Waals surface area contributed by atoms with Gasteiger partial charge in [-0.2, -0.15) is 4.98 Å². The first-order valence-electron chi connectivity index (χ1n) is 5.38. The van der Waals surface area contributed by atoms with Gasteiger partial charge < -0.3 is 4.42 Å². The summed E-state index contributed by atoms with van der Waals surface area (Å²) in [4.78, 5) is 15.0. The number of oxazole rings is 1. The molecule has 2 aromatic heterocycles. The molecule has 0 saturated heterocycles. The number of halogens is 1. The molecule has 0 spiro atoms. The van der Waals surface area contributed by atoms with Crippen LogP contribution < -0.4 is 0 Å². The number of hydrogen-bond acceptors (Lipinski definition) is 3. The van der Waals surface area contributed by atoms with Crippen LogP contribution in [0.1, 0.15) is 16.2 Å². The molecule has 0 N–H and O–H groups in total. The number of nitrogens with zero attached hydrogens (tertiary/aromatic N) is 2. The Morgan fingerprint density at radius 1 is 1.33 bits per heavy atom. The molecule has 2 heterocycles. The number of rotatable bonds is 2. The van der Waals surface area contributed by atoms with Gasteiger partial charge in [0.1, 0.15) is 5.82 Å². The smallest absolute Gasteiger partial charge is 0.307 e. The second-order valence-corrected chi connectivity index (χ2v) is 3.96. The van der Waals surface area contributed by atoms with E-state index in [2.05, 4.69) is 4.98 Å². The number of hydrogen-bond donors (Lipinski definition) is 0. The fraction of sp³-hybridized carbons (Fsp3) is 0.0769. The maximum atomic E-state index is 12.8. The Morgan fingerprint density at radius 2 is 2.06 bits per heavy atom. The molecule has 0 unspecified atom stereocenters. The highest BCUT2D eigenvalue weighted by molar-refractivity contribution is 5.73. The summed E-state index contributed by atoms with van der Waals surface area (Å²) in [5, 5.41) is 0. The van der Waals surface area contributed by atoms with Gasteiger partial charge >= 0.3 is 5.84 Å². The first-order valence-corrected chi connectivity index (χ1v) is 5.38. The van der Waals surface area contributed by atoms with Crippen LogP contribution in [0.25, 0.3) is 17.1 Å². The van der Waals surface area contributed by atoms with Crippen molar-refractivity contribution in [3.63, 3.8) is 0 Å². The number of aldehydes is 1. The van der Waals surface area contributed by atoms with Crippen molar-refractivity contribution >= 4 is 12.1 Å². The highest BCUT2D eigenvalue weighted by Gasteiger charge is 2.13. The lowest BCUT2D eigenvalue weighted by Crippen LogP contribution is -1.85. The lowest BCUT2D eigenvalue weighted by Gasteiger charge is -1.95. The van der Waals surface area contributed by atoms with E-state index in [1.165, 1.54) is 12.1 Å². The third-order valence-electron chi connectivity index (χ3n) is 2.84. The number of aryl methyl sites for hydroxylation is 1. The Hall–Kier alpha value is -2.43. The van der Waals surface area contributed by atoms with Gasteiger partial charge in [-0.15, -0.1) is 0 Å². The molecule has 1 aromatic carbocycles. The SMILES string of the molecule is Cc1c(C=O)oc2nc(-c3ccc(F)cc3)cn12. The summed E-state index contributed by atoms with van der Waals surface area (Å²) in [6.07, 6.45) is 2.41. The molecule has 0 aliphatic heterocycles. The maximum absolute atomic E-state index is 12.8. The highest BCUT2D eigenvalue weighted by Crippen LogP contribution is 2.22. The van der Waals surface area contributed by atoms with Crippen LogP contribution in [0.15, 0.2) is 34.9 Å². The molecule has 0 atom stereocenters. The highest BCUT2D eigenvalue weighted by atomic mass is 19.1. The lowest BCUT2D eigenvalue weighted by atomic mass is 10.2. The quantitative estimate of drug-likeness (QED) is 0.651. The van der Waals surface area contributed by atoms with E-state index in [4.69, 9.17) is 4.42 Å². The predicted octanol–water partition coefficient (Wildman–Crippen LogP) is 2.85. The van der Waals surface area contributed by atoms with Gasteiger partial charge in [-0.3, -0.25) is 9.20 Å². The van der Waals surface area contributed by atoms with Gasteiger partial charge in [0, 0.05) is 11.8 Å². The molecule has 18 heavy (non-hydrogen) atoms. The van der Waals surface area contributed by atoms with E-state index in [0.29, 0.717) is 23.5 Å². The van der Waals surface area contributed by atoms with E-state index in [0.717, 1.165) is 5.56 Å². The van der Waals surface area contributed by atoms with Crippen molar-refractivity contribution in [2.24, 2.45) is 0 Å². The zero-order valence-electron chi connectivity index (χ0n) is 9.55. The van der Waals surface area contributed by atoms with Gasteiger partial charge in [0.15, 0.2) is 12.0 Å². The van der Waals surface area contributed by atoms with Gasteiger partial charge in [0.05, 0.1) is 11.4 Å². The van der Waals surface area contributed by atoms with Gasteiger partial charge in [0.25, 0.3) is 0 Å². The van der Waals surface area contributed by atoms with Crippen molar-refractivity contribution in [3.05, 3.63) is 47.7 Å². The number of carbonyl (C=O) groups excluding carboxylic acids is 1. The molecule has 3 aromatic rings. The first kappa shape index (κ1) is 10.7. The van der Waals surface area contributed by atoms with Crippen LogP contribution in [0.5, 0.6) is 0 Å². The molecule has 0 aliphatic rings. The van der Waals surface area contributed by atoms with Crippen molar-refractivity contribution in [2.45, 2.75) is 6.92 Å². The molecule has 0 amide bonds. The third-order valence-corrected chi connectivity index (χ3v) is 2.84. The van der Waals surface area contributed by atoms with E-state index in [-0.39, 0.29) is 11.6 Å². The van der Waals surface area contributed by atoms with E-state index in [1.807, 2.05) is 0 Å². The molecule has 0 saturated carbocycles. The summed E-state index contributed by atoms with van der Waals surface area (Å²) in [5.74, 6) is 0.332. The van der Waals surface area contributed by atoms with E-state index >= 15 is 0 Å². The molecule has 0 bridgehead atoms. The lowest BCUT2D eigenvalue weighted by molar-refractivity contribution is 0.110. The van der Waals surface area contributed by atoms with Gasteiger partial charge in [-0.25, -0.2) is 4.39 Å². The topological polar surface area (TPSA) is 47.5 Å². The zero-order chi connectivity index (χ0) is 12.7. The summed E-state index contributed by atoms with van der Waals surface area (Å²) < 4.78 is 19.8. The molecule has 0 aliphatic carbocycles. The van der Waals surface area contributed by atoms with Crippen molar-refractivity contribution in [2.75, 3.05) is 0 Å².